The van der Waals surface area contributed by atoms with E-state index >= 15 is 0 Å². The van der Waals surface area contributed by atoms with Crippen LogP contribution in [-0.4, -0.2) is 73.0 Å². The van der Waals surface area contributed by atoms with Crippen LogP contribution in [0.1, 0.15) is 67.3 Å². The van der Waals surface area contributed by atoms with E-state index in [1.807, 2.05) is 24.2 Å². The standard InChI is InChI=1S/C24H34N4O3/c1-26(16-17-27-12-2-3-13-27)22(29)18-6-9-24(10-7-18)19-8-11-25-21(20(19)23(30)31-24)28-14-4-5-15-28/h8,11,18H,2-7,9-10,12-17H2,1H3. The van der Waals surface area contributed by atoms with Gasteiger partial charge >= 0.3 is 5.97 Å². The number of pyridine rings is 1. The van der Waals surface area contributed by atoms with Gasteiger partial charge in [-0.15, -0.1) is 0 Å². The minimum atomic E-state index is -0.575. The van der Waals surface area contributed by atoms with Crippen LogP contribution >= 0.6 is 0 Å². The van der Waals surface area contributed by atoms with Gasteiger partial charge in [-0.1, -0.05) is 0 Å². The number of carbonyl (C=O) groups is 2. The number of nitrogens with zero attached hydrogens (tertiary/aromatic N) is 4. The summed E-state index contributed by atoms with van der Waals surface area (Å²) in [6.45, 7) is 5.98. The van der Waals surface area contributed by atoms with Crippen molar-refractivity contribution >= 4 is 17.7 Å². The third-order valence-corrected chi connectivity index (χ3v) is 7.79. The summed E-state index contributed by atoms with van der Waals surface area (Å²) >= 11 is 0. The fourth-order valence-corrected chi connectivity index (χ4v) is 5.91. The van der Waals surface area contributed by atoms with Crippen LogP contribution in [0.4, 0.5) is 5.82 Å². The molecule has 4 heterocycles. The molecule has 0 N–H and O–H groups in total. The number of ether oxygens (including phenoxy) is 1. The lowest BCUT2D eigenvalue weighted by Crippen LogP contribution is -2.41. The normalized spacial score (nSPS) is 28.2. The minimum Gasteiger partial charge on any atom is -0.450 e. The van der Waals surface area contributed by atoms with Gasteiger partial charge in [-0.25, -0.2) is 9.78 Å². The first kappa shape index (κ1) is 20.7. The molecule has 1 amide bonds. The maximum absolute atomic E-state index is 13.0. The quantitative estimate of drug-likeness (QED) is 0.675. The molecule has 3 aliphatic heterocycles. The molecule has 3 fully saturated rings. The van der Waals surface area contributed by atoms with Crippen LogP contribution in [0.3, 0.4) is 0 Å². The van der Waals surface area contributed by atoms with E-state index in [1.165, 1.54) is 12.8 Å². The molecule has 1 aromatic rings. The molecule has 0 radical (unpaired) electrons. The van der Waals surface area contributed by atoms with Gasteiger partial charge in [0.05, 0.1) is 0 Å². The molecular weight excluding hydrogens is 392 g/mol. The molecule has 1 spiro atoms. The number of likely N-dealkylation sites (tertiary alicyclic amines) is 1. The second kappa shape index (κ2) is 8.41. The molecule has 1 aromatic heterocycles. The number of likely N-dealkylation sites (N-methyl/N-ethyl adjacent to an activating group) is 1. The third-order valence-electron chi connectivity index (χ3n) is 7.79. The number of hydrogen-bond donors (Lipinski definition) is 0. The van der Waals surface area contributed by atoms with Crippen molar-refractivity contribution in [1.29, 1.82) is 0 Å². The van der Waals surface area contributed by atoms with Crippen LogP contribution in [-0.2, 0) is 15.1 Å². The highest BCUT2D eigenvalue weighted by Crippen LogP contribution is 2.50. The van der Waals surface area contributed by atoms with E-state index in [9.17, 15) is 9.59 Å². The fraction of sp³-hybridized carbons (Fsp3) is 0.708. The Morgan fingerprint density at radius 2 is 1.84 bits per heavy atom. The van der Waals surface area contributed by atoms with Crippen LogP contribution in [0.25, 0.3) is 0 Å². The molecule has 1 aliphatic carbocycles. The molecule has 0 aromatic carbocycles. The Labute approximate surface area is 184 Å². The van der Waals surface area contributed by atoms with Crippen molar-refractivity contribution in [3.05, 3.63) is 23.4 Å². The van der Waals surface area contributed by atoms with E-state index in [0.717, 1.165) is 76.3 Å². The van der Waals surface area contributed by atoms with Gasteiger partial charge in [0, 0.05) is 50.9 Å². The number of anilines is 1. The van der Waals surface area contributed by atoms with Gasteiger partial charge in [-0.05, 0) is 70.5 Å². The van der Waals surface area contributed by atoms with Crippen LogP contribution in [0.2, 0.25) is 0 Å². The van der Waals surface area contributed by atoms with E-state index in [2.05, 4.69) is 14.8 Å². The molecule has 0 unspecified atom stereocenters. The maximum Gasteiger partial charge on any atom is 0.343 e. The average molecular weight is 427 g/mol. The highest BCUT2D eigenvalue weighted by molar-refractivity contribution is 5.99. The summed E-state index contributed by atoms with van der Waals surface area (Å²) < 4.78 is 6.03. The first-order valence-electron chi connectivity index (χ1n) is 12.0. The molecule has 1 saturated carbocycles. The van der Waals surface area contributed by atoms with Gasteiger partial charge < -0.3 is 19.4 Å². The Balaban J connectivity index is 1.25. The molecule has 4 aliphatic rings. The summed E-state index contributed by atoms with van der Waals surface area (Å²) in [6, 6.07) is 1.96. The van der Waals surface area contributed by atoms with Crippen molar-refractivity contribution in [1.82, 2.24) is 14.8 Å². The number of esters is 1. The van der Waals surface area contributed by atoms with E-state index < -0.39 is 5.60 Å². The van der Waals surface area contributed by atoms with E-state index in [-0.39, 0.29) is 17.8 Å². The van der Waals surface area contributed by atoms with Crippen LogP contribution in [0, 0.1) is 5.92 Å². The SMILES string of the molecule is CN(CCN1CCCC1)C(=O)C1CCC2(CC1)OC(=O)c1c2ccnc1N1CCCC1. The van der Waals surface area contributed by atoms with E-state index in [4.69, 9.17) is 4.74 Å². The predicted octanol–water partition coefficient (Wildman–Crippen LogP) is 2.79. The zero-order chi connectivity index (χ0) is 21.4. The molecule has 2 saturated heterocycles. The lowest BCUT2D eigenvalue weighted by molar-refractivity contribution is -0.137. The van der Waals surface area contributed by atoms with Gasteiger partial charge in [0.15, 0.2) is 0 Å². The Kier molecular flexibility index (Phi) is 5.63. The molecule has 7 heteroatoms. The monoisotopic (exact) mass is 426 g/mol. The molecule has 5 rings (SSSR count). The smallest absolute Gasteiger partial charge is 0.343 e. The van der Waals surface area contributed by atoms with Crippen molar-refractivity contribution in [3.8, 4) is 0 Å². The summed E-state index contributed by atoms with van der Waals surface area (Å²) in [6.07, 6.45) is 9.61. The zero-order valence-electron chi connectivity index (χ0n) is 18.6. The van der Waals surface area contributed by atoms with Gasteiger partial charge in [0.1, 0.15) is 17.0 Å². The third kappa shape index (κ3) is 3.81. The highest BCUT2D eigenvalue weighted by atomic mass is 16.6. The van der Waals surface area contributed by atoms with Crippen LogP contribution in [0.15, 0.2) is 12.3 Å². The number of rotatable bonds is 5. The number of aromatic nitrogens is 1. The second-order valence-electron chi connectivity index (χ2n) is 9.72. The number of fused-ring (bicyclic) bond motifs is 2. The number of amides is 1. The van der Waals surface area contributed by atoms with Gasteiger partial charge in [0.25, 0.3) is 0 Å². The molecule has 0 bridgehead atoms. The van der Waals surface area contributed by atoms with Crippen molar-refractivity contribution in [2.45, 2.75) is 57.0 Å². The summed E-state index contributed by atoms with van der Waals surface area (Å²) in [5, 5.41) is 0. The lowest BCUT2D eigenvalue weighted by atomic mass is 9.74. The summed E-state index contributed by atoms with van der Waals surface area (Å²) in [5.41, 5.74) is 1.08. The Hall–Kier alpha value is -2.15. The van der Waals surface area contributed by atoms with Crippen molar-refractivity contribution in [2.75, 3.05) is 51.2 Å². The second-order valence-corrected chi connectivity index (χ2v) is 9.72. The molecule has 168 valence electrons. The van der Waals surface area contributed by atoms with Crippen molar-refractivity contribution in [2.24, 2.45) is 5.92 Å². The molecule has 7 nitrogen and oxygen atoms in total. The molecule has 31 heavy (non-hydrogen) atoms. The Morgan fingerprint density at radius 3 is 2.55 bits per heavy atom. The zero-order valence-corrected chi connectivity index (χ0v) is 18.6. The van der Waals surface area contributed by atoms with Crippen LogP contribution in [0.5, 0.6) is 0 Å². The average Bonchev–Trinajstić information content (AvgIpc) is 3.55. The van der Waals surface area contributed by atoms with Gasteiger partial charge in [-0.3, -0.25) is 4.79 Å². The first-order chi connectivity index (χ1) is 15.1. The number of hydrogen-bond acceptors (Lipinski definition) is 6. The van der Waals surface area contributed by atoms with E-state index in [1.54, 1.807) is 0 Å². The van der Waals surface area contributed by atoms with Crippen LogP contribution < -0.4 is 4.90 Å². The summed E-state index contributed by atoms with van der Waals surface area (Å²) in [4.78, 5) is 37.0. The highest BCUT2D eigenvalue weighted by Gasteiger charge is 2.50. The summed E-state index contributed by atoms with van der Waals surface area (Å²) in [7, 11) is 1.93. The van der Waals surface area contributed by atoms with E-state index in [0.29, 0.717) is 18.4 Å². The minimum absolute atomic E-state index is 0.0249. The maximum atomic E-state index is 13.0. The number of carbonyl (C=O) groups excluding carboxylic acids is 2. The Bertz CT molecular complexity index is 837. The summed E-state index contributed by atoms with van der Waals surface area (Å²) in [5.74, 6) is 0.817. The molecular formula is C24H34N4O3. The topological polar surface area (TPSA) is 66.0 Å². The fourth-order valence-electron chi connectivity index (χ4n) is 5.91. The van der Waals surface area contributed by atoms with Gasteiger partial charge in [0.2, 0.25) is 5.91 Å². The van der Waals surface area contributed by atoms with Gasteiger partial charge in [-0.2, -0.15) is 0 Å². The lowest BCUT2D eigenvalue weighted by Gasteiger charge is -2.37. The Morgan fingerprint density at radius 1 is 1.16 bits per heavy atom. The predicted molar refractivity (Wildman–Crippen MR) is 118 cm³/mol. The molecule has 0 atom stereocenters. The van der Waals surface area contributed by atoms with Crippen molar-refractivity contribution < 1.29 is 14.3 Å². The van der Waals surface area contributed by atoms with Crippen molar-refractivity contribution in [3.63, 3.8) is 0 Å². The first-order valence-corrected chi connectivity index (χ1v) is 12.0. The largest absolute Gasteiger partial charge is 0.450 e.